The van der Waals surface area contributed by atoms with Crippen LogP contribution >= 0.6 is 11.6 Å². The molecule has 1 aromatic heterocycles. The molecule has 5 nitrogen and oxygen atoms in total. The number of aliphatic imine (C=N–C) groups is 1. The number of ether oxygens (including phenoxy) is 1. The van der Waals surface area contributed by atoms with E-state index >= 15 is 0 Å². The van der Waals surface area contributed by atoms with E-state index in [1.165, 1.54) is 0 Å². The molecule has 1 aromatic rings. The van der Waals surface area contributed by atoms with Gasteiger partial charge in [0.25, 0.3) is 0 Å². The number of rotatable bonds is 6. The molecule has 2 N–H and O–H groups in total. The van der Waals surface area contributed by atoms with E-state index in [-0.39, 0.29) is 17.5 Å². The maximum Gasteiger partial charge on any atom is 0.417 e. The highest BCUT2D eigenvalue weighted by Gasteiger charge is 2.31. The third-order valence-corrected chi connectivity index (χ3v) is 3.40. The van der Waals surface area contributed by atoms with Crippen LogP contribution in [0.25, 0.3) is 0 Å². The van der Waals surface area contributed by atoms with Crippen LogP contribution in [0.3, 0.4) is 0 Å². The summed E-state index contributed by atoms with van der Waals surface area (Å²) in [6.45, 7) is 0.899. The van der Waals surface area contributed by atoms with Crippen LogP contribution in [0.2, 0.25) is 5.02 Å². The number of hydrogen-bond acceptors (Lipinski definition) is 3. The van der Waals surface area contributed by atoms with Gasteiger partial charge >= 0.3 is 6.18 Å². The van der Waals surface area contributed by atoms with E-state index < -0.39 is 11.7 Å². The minimum absolute atomic E-state index is 0.000143. The van der Waals surface area contributed by atoms with E-state index in [1.54, 1.807) is 7.05 Å². The van der Waals surface area contributed by atoms with Gasteiger partial charge in [-0.2, -0.15) is 13.2 Å². The molecule has 0 radical (unpaired) electrons. The van der Waals surface area contributed by atoms with Gasteiger partial charge in [-0.1, -0.05) is 11.6 Å². The summed E-state index contributed by atoms with van der Waals surface area (Å²) >= 11 is 5.75. The van der Waals surface area contributed by atoms with Gasteiger partial charge in [-0.25, -0.2) is 4.98 Å². The number of alkyl halides is 3. The zero-order valence-electron chi connectivity index (χ0n) is 12.6. The zero-order chi connectivity index (χ0) is 16.9. The molecular weight excluding hydrogens is 333 g/mol. The first-order chi connectivity index (χ1) is 10.9. The van der Waals surface area contributed by atoms with Gasteiger partial charge in [-0.3, -0.25) is 4.99 Å². The largest absolute Gasteiger partial charge is 0.477 e. The average Bonchev–Trinajstić information content (AvgIpc) is 3.30. The second kappa shape index (κ2) is 7.72. The molecule has 0 aromatic carbocycles. The molecule has 0 unspecified atom stereocenters. The minimum Gasteiger partial charge on any atom is -0.477 e. The first-order valence-electron chi connectivity index (χ1n) is 7.23. The fraction of sp³-hybridized carbons (Fsp3) is 0.571. The summed E-state index contributed by atoms with van der Waals surface area (Å²) in [5, 5.41) is 6.21. The standard InChI is InChI=1S/C14H18ClF3N4O/c1-19-13(22-10-3-4-10)20-5-2-6-23-12-11(15)7-9(8-21-12)14(16,17)18/h7-8,10H,2-6H2,1H3,(H2,19,20,22). The van der Waals surface area contributed by atoms with Crippen LogP contribution in [0.5, 0.6) is 5.88 Å². The number of hydrogen-bond donors (Lipinski definition) is 2. The van der Waals surface area contributed by atoms with Crippen LogP contribution in [0, 0.1) is 0 Å². The molecule has 1 heterocycles. The summed E-state index contributed by atoms with van der Waals surface area (Å²) in [6.07, 6.45) is -0.821. The molecule has 9 heteroatoms. The summed E-state index contributed by atoms with van der Waals surface area (Å²) in [6, 6.07) is 1.32. The van der Waals surface area contributed by atoms with Crippen LogP contribution < -0.4 is 15.4 Å². The summed E-state index contributed by atoms with van der Waals surface area (Å²) in [7, 11) is 1.69. The highest BCUT2D eigenvalue weighted by atomic mass is 35.5. The Labute approximate surface area is 137 Å². The van der Waals surface area contributed by atoms with Gasteiger partial charge < -0.3 is 15.4 Å². The van der Waals surface area contributed by atoms with Crippen molar-refractivity contribution >= 4 is 17.6 Å². The summed E-state index contributed by atoms with van der Waals surface area (Å²) in [5.74, 6) is 0.735. The van der Waals surface area contributed by atoms with E-state index in [2.05, 4.69) is 20.6 Å². The Balaban J connectivity index is 1.71. The van der Waals surface area contributed by atoms with Gasteiger partial charge in [-0.05, 0) is 25.3 Å². The van der Waals surface area contributed by atoms with Crippen molar-refractivity contribution in [2.24, 2.45) is 4.99 Å². The molecule has 0 atom stereocenters. The lowest BCUT2D eigenvalue weighted by atomic mass is 10.3. The Kier molecular flexibility index (Phi) is 5.92. The van der Waals surface area contributed by atoms with Crippen molar-refractivity contribution in [3.05, 3.63) is 22.8 Å². The maximum atomic E-state index is 12.5. The van der Waals surface area contributed by atoms with Crippen molar-refractivity contribution in [3.8, 4) is 5.88 Å². The second-order valence-corrected chi connectivity index (χ2v) is 5.54. The molecule has 128 valence electrons. The lowest BCUT2D eigenvalue weighted by Gasteiger charge is -2.12. The zero-order valence-corrected chi connectivity index (χ0v) is 13.3. The molecule has 2 rings (SSSR count). The Hall–Kier alpha value is -1.70. The first-order valence-corrected chi connectivity index (χ1v) is 7.60. The summed E-state index contributed by atoms with van der Waals surface area (Å²) in [4.78, 5) is 7.70. The Bertz CT molecular complexity index is 561. The molecule has 0 spiro atoms. The van der Waals surface area contributed by atoms with Gasteiger partial charge in [0.1, 0.15) is 5.02 Å². The normalized spacial score (nSPS) is 15.4. The molecule has 0 bridgehead atoms. The molecular formula is C14H18ClF3N4O. The van der Waals surface area contributed by atoms with E-state index in [1.807, 2.05) is 0 Å². The van der Waals surface area contributed by atoms with Gasteiger partial charge in [0, 0.05) is 25.8 Å². The number of nitrogens with zero attached hydrogens (tertiary/aromatic N) is 2. The lowest BCUT2D eigenvalue weighted by Crippen LogP contribution is -2.39. The average molecular weight is 351 g/mol. The molecule has 1 aliphatic carbocycles. The molecule has 1 fully saturated rings. The van der Waals surface area contributed by atoms with Crippen LogP contribution in [-0.4, -0.2) is 37.2 Å². The topological polar surface area (TPSA) is 58.5 Å². The Morgan fingerprint density at radius 2 is 2.22 bits per heavy atom. The van der Waals surface area contributed by atoms with Gasteiger partial charge in [-0.15, -0.1) is 0 Å². The van der Waals surface area contributed by atoms with Crippen molar-refractivity contribution in [1.29, 1.82) is 0 Å². The van der Waals surface area contributed by atoms with Crippen LogP contribution in [0.4, 0.5) is 13.2 Å². The SMILES string of the molecule is CN=C(NCCCOc1ncc(C(F)(F)F)cc1Cl)NC1CC1. The fourth-order valence-corrected chi connectivity index (χ4v) is 1.97. The van der Waals surface area contributed by atoms with Crippen LogP contribution in [0.1, 0.15) is 24.8 Å². The van der Waals surface area contributed by atoms with Crippen molar-refractivity contribution in [1.82, 2.24) is 15.6 Å². The highest BCUT2D eigenvalue weighted by Crippen LogP contribution is 2.33. The molecule has 0 amide bonds. The first kappa shape index (κ1) is 17.7. The van der Waals surface area contributed by atoms with Gasteiger partial charge in [0.2, 0.25) is 5.88 Å². The molecule has 0 aliphatic heterocycles. The van der Waals surface area contributed by atoms with E-state index in [4.69, 9.17) is 16.3 Å². The van der Waals surface area contributed by atoms with Crippen molar-refractivity contribution in [3.63, 3.8) is 0 Å². The molecule has 1 saturated carbocycles. The summed E-state index contributed by atoms with van der Waals surface area (Å²) in [5.41, 5.74) is -0.897. The number of pyridine rings is 1. The number of halogens is 4. The third-order valence-electron chi connectivity index (χ3n) is 3.13. The molecule has 1 aliphatic rings. The van der Waals surface area contributed by atoms with Gasteiger partial charge in [0.15, 0.2) is 5.96 Å². The maximum absolute atomic E-state index is 12.5. The van der Waals surface area contributed by atoms with Crippen molar-refractivity contribution < 1.29 is 17.9 Å². The monoisotopic (exact) mass is 350 g/mol. The van der Waals surface area contributed by atoms with E-state index in [9.17, 15) is 13.2 Å². The van der Waals surface area contributed by atoms with Crippen LogP contribution in [-0.2, 0) is 6.18 Å². The van der Waals surface area contributed by atoms with Crippen LogP contribution in [0.15, 0.2) is 17.3 Å². The fourth-order valence-electron chi connectivity index (χ4n) is 1.75. The van der Waals surface area contributed by atoms with Crippen molar-refractivity contribution in [2.75, 3.05) is 20.2 Å². The Morgan fingerprint density at radius 3 is 2.78 bits per heavy atom. The smallest absolute Gasteiger partial charge is 0.417 e. The number of nitrogens with one attached hydrogen (secondary N) is 2. The number of guanidine groups is 1. The van der Waals surface area contributed by atoms with Gasteiger partial charge in [0.05, 0.1) is 12.2 Å². The second-order valence-electron chi connectivity index (χ2n) is 5.13. The molecule has 23 heavy (non-hydrogen) atoms. The third kappa shape index (κ3) is 5.78. The quantitative estimate of drug-likeness (QED) is 0.470. The summed E-state index contributed by atoms with van der Waals surface area (Å²) < 4.78 is 42.8. The minimum atomic E-state index is -4.47. The predicted octanol–water partition coefficient (Wildman–Crippen LogP) is 2.85. The lowest BCUT2D eigenvalue weighted by molar-refractivity contribution is -0.137. The molecule has 0 saturated heterocycles. The highest BCUT2D eigenvalue weighted by molar-refractivity contribution is 6.31. The Morgan fingerprint density at radius 1 is 1.48 bits per heavy atom. The van der Waals surface area contributed by atoms with E-state index in [0.717, 1.165) is 24.9 Å². The van der Waals surface area contributed by atoms with Crippen molar-refractivity contribution in [2.45, 2.75) is 31.5 Å². The van der Waals surface area contributed by atoms with E-state index in [0.29, 0.717) is 25.2 Å². The number of aromatic nitrogens is 1. The predicted molar refractivity (Wildman–Crippen MR) is 81.9 cm³/mol.